The van der Waals surface area contributed by atoms with E-state index in [-0.39, 0.29) is 1.43 Å². The van der Waals surface area contributed by atoms with Crippen molar-refractivity contribution < 1.29 is 10.9 Å². The van der Waals surface area contributed by atoms with E-state index in [2.05, 4.69) is 4.98 Å². The lowest BCUT2D eigenvalue weighted by Crippen LogP contribution is -2.05. The van der Waals surface area contributed by atoms with Crippen LogP contribution in [0.2, 0.25) is 0 Å². The van der Waals surface area contributed by atoms with Crippen molar-refractivity contribution in [3.8, 4) is 5.88 Å². The Labute approximate surface area is 73.8 Å². The van der Waals surface area contributed by atoms with Crippen LogP contribution in [0.5, 0.6) is 5.88 Å². The summed E-state index contributed by atoms with van der Waals surface area (Å²) in [5.41, 5.74) is 1.13. The van der Waals surface area contributed by atoms with Gasteiger partial charge in [-0.3, -0.25) is 0 Å². The fourth-order valence-corrected chi connectivity index (χ4v) is 0.769. The molecule has 0 saturated carbocycles. The van der Waals surface area contributed by atoms with Crippen LogP contribution in [-0.2, 0) is 4.74 Å². The second-order valence-electron chi connectivity index (χ2n) is 2.52. The molecule has 0 spiro atoms. The maximum absolute atomic E-state index is 5.27. The van der Waals surface area contributed by atoms with Gasteiger partial charge in [-0.2, -0.15) is 0 Å². The van der Waals surface area contributed by atoms with Crippen LogP contribution in [0.25, 0.3) is 0 Å². The highest BCUT2D eigenvalue weighted by Gasteiger charge is 1.92. The minimum absolute atomic E-state index is 0. The molecule has 0 aliphatic carbocycles. The second kappa shape index (κ2) is 4.72. The fraction of sp³-hybridized carbons (Fsp3) is 0.444. The summed E-state index contributed by atoms with van der Waals surface area (Å²) in [6.45, 7) is 3.13. The molecule has 1 rings (SSSR count). The average molecular weight is 169 g/mol. The molecule has 3 nitrogen and oxygen atoms in total. The van der Waals surface area contributed by atoms with Gasteiger partial charge < -0.3 is 9.47 Å². The molecule has 68 valence electrons. The third-order valence-electron chi connectivity index (χ3n) is 1.42. The van der Waals surface area contributed by atoms with Gasteiger partial charge in [0.25, 0.3) is 0 Å². The SMILES string of the molecule is COCCOc1ccc(C)cn1.[HH]. The van der Waals surface area contributed by atoms with E-state index in [9.17, 15) is 0 Å². The van der Waals surface area contributed by atoms with Crippen molar-refractivity contribution in [1.29, 1.82) is 0 Å². The molecule has 0 saturated heterocycles. The van der Waals surface area contributed by atoms with E-state index in [1.54, 1.807) is 13.3 Å². The molecular formula is C9H15NO2. The topological polar surface area (TPSA) is 31.4 Å². The molecule has 0 N–H and O–H groups in total. The monoisotopic (exact) mass is 169 g/mol. The third-order valence-corrected chi connectivity index (χ3v) is 1.42. The first kappa shape index (κ1) is 9.00. The van der Waals surface area contributed by atoms with Crippen molar-refractivity contribution in [2.24, 2.45) is 0 Å². The molecule has 0 aromatic carbocycles. The molecule has 12 heavy (non-hydrogen) atoms. The first-order valence-electron chi connectivity index (χ1n) is 3.87. The van der Waals surface area contributed by atoms with Gasteiger partial charge in [-0.25, -0.2) is 4.98 Å². The summed E-state index contributed by atoms with van der Waals surface area (Å²) in [5, 5.41) is 0. The van der Waals surface area contributed by atoms with E-state index in [4.69, 9.17) is 9.47 Å². The van der Waals surface area contributed by atoms with Crippen LogP contribution in [0, 0.1) is 6.92 Å². The van der Waals surface area contributed by atoms with Crippen LogP contribution in [0.15, 0.2) is 18.3 Å². The van der Waals surface area contributed by atoms with E-state index in [0.717, 1.165) is 5.56 Å². The zero-order chi connectivity index (χ0) is 8.81. The Kier molecular flexibility index (Phi) is 3.54. The van der Waals surface area contributed by atoms with E-state index in [1.807, 2.05) is 19.1 Å². The molecular weight excluding hydrogens is 154 g/mol. The summed E-state index contributed by atoms with van der Waals surface area (Å²) in [6, 6.07) is 3.82. The van der Waals surface area contributed by atoms with Crippen LogP contribution < -0.4 is 4.74 Å². The molecule has 1 aromatic rings. The maximum atomic E-state index is 5.27. The van der Waals surface area contributed by atoms with Gasteiger partial charge in [0, 0.05) is 20.8 Å². The Bertz CT molecular complexity index is 226. The number of aromatic nitrogens is 1. The predicted octanol–water partition coefficient (Wildman–Crippen LogP) is 1.66. The van der Waals surface area contributed by atoms with E-state index >= 15 is 0 Å². The molecule has 0 bridgehead atoms. The van der Waals surface area contributed by atoms with Gasteiger partial charge in [-0.05, 0) is 12.5 Å². The quantitative estimate of drug-likeness (QED) is 0.642. The molecule has 3 heteroatoms. The number of methoxy groups -OCH3 is 1. The van der Waals surface area contributed by atoms with Gasteiger partial charge in [-0.1, -0.05) is 6.07 Å². The molecule has 1 heterocycles. The number of rotatable bonds is 4. The summed E-state index contributed by atoms with van der Waals surface area (Å²) in [4.78, 5) is 4.07. The van der Waals surface area contributed by atoms with Crippen LogP contribution in [-0.4, -0.2) is 25.3 Å². The number of pyridine rings is 1. The summed E-state index contributed by atoms with van der Waals surface area (Å²) < 4.78 is 10.1. The van der Waals surface area contributed by atoms with Gasteiger partial charge in [0.2, 0.25) is 5.88 Å². The number of ether oxygens (including phenoxy) is 2. The molecule has 0 unspecified atom stereocenters. The van der Waals surface area contributed by atoms with Crippen molar-refractivity contribution >= 4 is 0 Å². The minimum atomic E-state index is 0. The van der Waals surface area contributed by atoms with Crippen LogP contribution in [0.1, 0.15) is 6.99 Å². The Morgan fingerprint density at radius 1 is 1.42 bits per heavy atom. The molecule has 1 aromatic heterocycles. The standard InChI is InChI=1S/C9H13NO2.H2/c1-8-3-4-9(10-7-8)12-6-5-11-2;/h3-4,7H,5-6H2,1-2H3;1H. The summed E-state index contributed by atoms with van der Waals surface area (Å²) in [6.07, 6.45) is 1.78. The average Bonchev–Trinajstić information content (AvgIpc) is 2.09. The van der Waals surface area contributed by atoms with Crippen LogP contribution in [0.3, 0.4) is 0 Å². The Hall–Kier alpha value is -1.09. The summed E-state index contributed by atoms with van der Waals surface area (Å²) in [5.74, 6) is 0.651. The lowest BCUT2D eigenvalue weighted by molar-refractivity contribution is 0.143. The Morgan fingerprint density at radius 3 is 2.83 bits per heavy atom. The van der Waals surface area contributed by atoms with Gasteiger partial charge in [0.05, 0.1) is 6.61 Å². The first-order chi connectivity index (χ1) is 5.83. The zero-order valence-electron chi connectivity index (χ0n) is 7.41. The predicted molar refractivity (Wildman–Crippen MR) is 48.5 cm³/mol. The zero-order valence-corrected chi connectivity index (χ0v) is 7.41. The van der Waals surface area contributed by atoms with Gasteiger partial charge >= 0.3 is 0 Å². The maximum Gasteiger partial charge on any atom is 0.213 e. The lowest BCUT2D eigenvalue weighted by Gasteiger charge is -2.03. The van der Waals surface area contributed by atoms with Gasteiger partial charge in [0.15, 0.2) is 0 Å². The van der Waals surface area contributed by atoms with Crippen LogP contribution >= 0.6 is 0 Å². The summed E-state index contributed by atoms with van der Waals surface area (Å²) in [7, 11) is 1.64. The van der Waals surface area contributed by atoms with E-state index in [0.29, 0.717) is 19.1 Å². The molecule has 0 fully saturated rings. The third kappa shape index (κ3) is 2.88. The first-order valence-corrected chi connectivity index (χ1v) is 3.87. The highest BCUT2D eigenvalue weighted by Crippen LogP contribution is 2.05. The highest BCUT2D eigenvalue weighted by atomic mass is 16.5. The van der Waals surface area contributed by atoms with Crippen molar-refractivity contribution in [3.63, 3.8) is 0 Å². The van der Waals surface area contributed by atoms with E-state index in [1.165, 1.54) is 0 Å². The van der Waals surface area contributed by atoms with Crippen molar-refractivity contribution in [2.75, 3.05) is 20.3 Å². The van der Waals surface area contributed by atoms with Gasteiger partial charge in [-0.15, -0.1) is 0 Å². The lowest BCUT2D eigenvalue weighted by atomic mass is 10.3. The number of hydrogen-bond donors (Lipinski definition) is 0. The Balaban J connectivity index is 0.00000144. The van der Waals surface area contributed by atoms with Gasteiger partial charge in [0.1, 0.15) is 6.61 Å². The number of aryl methyl sites for hydroxylation is 1. The fourth-order valence-electron chi connectivity index (χ4n) is 0.769. The minimum Gasteiger partial charge on any atom is -0.475 e. The van der Waals surface area contributed by atoms with E-state index < -0.39 is 0 Å². The molecule has 0 atom stereocenters. The number of hydrogen-bond acceptors (Lipinski definition) is 3. The summed E-state index contributed by atoms with van der Waals surface area (Å²) >= 11 is 0. The largest absolute Gasteiger partial charge is 0.475 e. The molecule has 0 radical (unpaired) electrons. The molecule has 0 aliphatic heterocycles. The highest BCUT2D eigenvalue weighted by molar-refractivity contribution is 5.16. The molecule has 0 amide bonds. The van der Waals surface area contributed by atoms with Crippen molar-refractivity contribution in [3.05, 3.63) is 23.9 Å². The van der Waals surface area contributed by atoms with Crippen molar-refractivity contribution in [2.45, 2.75) is 6.92 Å². The van der Waals surface area contributed by atoms with Crippen LogP contribution in [0.4, 0.5) is 0 Å². The smallest absolute Gasteiger partial charge is 0.213 e. The Morgan fingerprint density at radius 2 is 2.25 bits per heavy atom. The normalized spacial score (nSPS) is 9.83. The molecule has 0 aliphatic rings. The second-order valence-corrected chi connectivity index (χ2v) is 2.52. The number of nitrogens with zero attached hydrogens (tertiary/aromatic N) is 1. The van der Waals surface area contributed by atoms with Crippen molar-refractivity contribution in [1.82, 2.24) is 4.98 Å².